The maximum absolute atomic E-state index is 9.36. The van der Waals surface area contributed by atoms with Gasteiger partial charge in [-0.3, -0.25) is 0 Å². The van der Waals surface area contributed by atoms with Crippen molar-refractivity contribution in [2.45, 2.75) is 6.61 Å². The molecule has 0 amide bonds. The van der Waals surface area contributed by atoms with E-state index in [0.29, 0.717) is 0 Å². The summed E-state index contributed by atoms with van der Waals surface area (Å²) in [7, 11) is 0. The van der Waals surface area contributed by atoms with Gasteiger partial charge in [0.25, 0.3) is 0 Å². The second-order valence-corrected chi connectivity index (χ2v) is 8.27. The summed E-state index contributed by atoms with van der Waals surface area (Å²) in [6.45, 7) is 0.926. The molecule has 0 aliphatic carbocycles. The Kier molecular flexibility index (Phi) is 4.76. The first-order chi connectivity index (χ1) is 14.3. The third-order valence-corrected chi connectivity index (χ3v) is 6.44. The molecule has 0 bridgehead atoms. The summed E-state index contributed by atoms with van der Waals surface area (Å²) in [6.07, 6.45) is 2.30. The van der Waals surface area contributed by atoms with Gasteiger partial charge in [-0.2, -0.15) is 0 Å². The van der Waals surface area contributed by atoms with Gasteiger partial charge in [-0.1, -0.05) is 72.8 Å². The minimum absolute atomic E-state index is 0.0676. The standard InChI is InChI=1S/C26H21NOS/c28-17-18-5-4-8-22(13-18)20-9-11-21(12-10-20)25-15-23-14-24(16-27-26(23)29-25)19-6-2-1-3-7-19/h1-15,27-28H,16-17H2. The predicted molar refractivity (Wildman–Crippen MR) is 124 cm³/mol. The van der Waals surface area contributed by atoms with Crippen LogP contribution in [0.3, 0.4) is 0 Å². The van der Waals surface area contributed by atoms with Crippen molar-refractivity contribution in [1.29, 1.82) is 0 Å². The van der Waals surface area contributed by atoms with Crippen LogP contribution in [-0.4, -0.2) is 11.7 Å². The third-order valence-electron chi connectivity index (χ3n) is 5.29. The molecule has 1 aromatic heterocycles. The number of fused-ring (bicyclic) bond motifs is 1. The fourth-order valence-corrected chi connectivity index (χ4v) is 4.76. The number of hydrogen-bond acceptors (Lipinski definition) is 3. The Morgan fingerprint density at radius 1 is 0.759 bits per heavy atom. The number of thiophene rings is 1. The summed E-state index contributed by atoms with van der Waals surface area (Å²) in [5.41, 5.74) is 8.30. The van der Waals surface area contributed by atoms with E-state index in [4.69, 9.17) is 0 Å². The molecular weight excluding hydrogens is 374 g/mol. The second-order valence-electron chi connectivity index (χ2n) is 7.22. The van der Waals surface area contributed by atoms with Crippen LogP contribution in [0.25, 0.3) is 33.2 Å². The maximum Gasteiger partial charge on any atom is 0.0965 e. The zero-order valence-electron chi connectivity index (χ0n) is 15.9. The highest BCUT2D eigenvalue weighted by molar-refractivity contribution is 7.19. The summed E-state index contributed by atoms with van der Waals surface area (Å²) in [5, 5.41) is 14.2. The summed E-state index contributed by atoms with van der Waals surface area (Å²) >= 11 is 1.80. The Morgan fingerprint density at radius 3 is 2.31 bits per heavy atom. The number of nitrogens with one attached hydrogen (secondary N) is 1. The Hall–Kier alpha value is -3.14. The van der Waals surface area contributed by atoms with E-state index < -0.39 is 0 Å². The van der Waals surface area contributed by atoms with E-state index in [1.807, 2.05) is 18.2 Å². The van der Waals surface area contributed by atoms with E-state index in [2.05, 4.69) is 78.1 Å². The van der Waals surface area contributed by atoms with Gasteiger partial charge in [0.15, 0.2) is 0 Å². The lowest BCUT2D eigenvalue weighted by Crippen LogP contribution is -2.07. The number of aliphatic hydroxyl groups is 1. The topological polar surface area (TPSA) is 32.3 Å². The molecule has 142 valence electrons. The molecule has 3 aromatic carbocycles. The van der Waals surface area contributed by atoms with Crippen LogP contribution in [0.4, 0.5) is 5.00 Å². The Balaban J connectivity index is 1.43. The van der Waals surface area contributed by atoms with Gasteiger partial charge in [-0.15, -0.1) is 11.3 Å². The van der Waals surface area contributed by atoms with E-state index in [1.165, 1.54) is 32.1 Å². The van der Waals surface area contributed by atoms with Gasteiger partial charge < -0.3 is 10.4 Å². The molecule has 4 aromatic rings. The van der Waals surface area contributed by atoms with Gasteiger partial charge >= 0.3 is 0 Å². The first-order valence-electron chi connectivity index (χ1n) is 9.74. The molecule has 1 aliphatic rings. The number of benzene rings is 3. The highest BCUT2D eigenvalue weighted by atomic mass is 32.1. The van der Waals surface area contributed by atoms with Gasteiger partial charge in [0.05, 0.1) is 11.6 Å². The molecule has 0 unspecified atom stereocenters. The zero-order chi connectivity index (χ0) is 19.6. The summed E-state index contributed by atoms with van der Waals surface area (Å²) in [5.74, 6) is 0. The molecule has 0 spiro atoms. The molecule has 0 fully saturated rings. The lowest BCUT2D eigenvalue weighted by Gasteiger charge is -2.15. The molecule has 2 heterocycles. The fraction of sp³-hybridized carbons (Fsp3) is 0.0769. The van der Waals surface area contributed by atoms with Gasteiger partial charge in [-0.25, -0.2) is 0 Å². The normalized spacial score (nSPS) is 12.8. The average Bonchev–Trinajstić information content (AvgIpc) is 3.23. The van der Waals surface area contributed by atoms with Crippen LogP contribution in [0.1, 0.15) is 16.7 Å². The minimum atomic E-state index is 0.0676. The second kappa shape index (κ2) is 7.70. The largest absolute Gasteiger partial charge is 0.392 e. The highest BCUT2D eigenvalue weighted by Crippen LogP contribution is 2.40. The van der Waals surface area contributed by atoms with Crippen LogP contribution in [0, 0.1) is 0 Å². The summed E-state index contributed by atoms with van der Waals surface area (Å²) in [4.78, 5) is 1.27. The smallest absolute Gasteiger partial charge is 0.0965 e. The zero-order valence-corrected chi connectivity index (χ0v) is 16.7. The van der Waals surface area contributed by atoms with Crippen molar-refractivity contribution in [3.63, 3.8) is 0 Å². The van der Waals surface area contributed by atoms with Crippen LogP contribution in [0.2, 0.25) is 0 Å². The van der Waals surface area contributed by atoms with Gasteiger partial charge in [0.2, 0.25) is 0 Å². The van der Waals surface area contributed by atoms with Crippen molar-refractivity contribution >= 4 is 28.0 Å². The van der Waals surface area contributed by atoms with E-state index in [1.54, 1.807) is 11.3 Å². The van der Waals surface area contributed by atoms with Crippen molar-refractivity contribution in [2.75, 3.05) is 11.9 Å². The van der Waals surface area contributed by atoms with E-state index in [9.17, 15) is 5.11 Å². The molecule has 0 radical (unpaired) electrons. The molecule has 2 N–H and O–H groups in total. The van der Waals surface area contributed by atoms with Crippen LogP contribution in [-0.2, 0) is 6.61 Å². The number of aliphatic hydroxyl groups excluding tert-OH is 1. The quantitative estimate of drug-likeness (QED) is 0.411. The number of hydrogen-bond donors (Lipinski definition) is 2. The van der Waals surface area contributed by atoms with E-state index in [-0.39, 0.29) is 6.61 Å². The minimum Gasteiger partial charge on any atom is -0.392 e. The van der Waals surface area contributed by atoms with Crippen molar-refractivity contribution in [2.24, 2.45) is 0 Å². The molecule has 0 saturated heterocycles. The summed E-state index contributed by atoms with van der Waals surface area (Å²) < 4.78 is 0. The third kappa shape index (κ3) is 3.63. The Morgan fingerprint density at radius 2 is 1.52 bits per heavy atom. The monoisotopic (exact) mass is 395 g/mol. The predicted octanol–water partition coefficient (Wildman–Crippen LogP) is 6.54. The lowest BCUT2D eigenvalue weighted by molar-refractivity contribution is 0.282. The van der Waals surface area contributed by atoms with Crippen LogP contribution >= 0.6 is 11.3 Å². The van der Waals surface area contributed by atoms with Crippen LogP contribution in [0.15, 0.2) is 84.9 Å². The Bertz CT molecular complexity index is 1170. The van der Waals surface area contributed by atoms with Crippen molar-refractivity contribution in [3.8, 4) is 21.6 Å². The number of rotatable bonds is 4. The average molecular weight is 396 g/mol. The van der Waals surface area contributed by atoms with E-state index >= 15 is 0 Å². The first kappa shape index (κ1) is 17.9. The molecular formula is C26H21NOS. The van der Waals surface area contributed by atoms with Crippen molar-refractivity contribution in [1.82, 2.24) is 0 Å². The molecule has 29 heavy (non-hydrogen) atoms. The maximum atomic E-state index is 9.36. The highest BCUT2D eigenvalue weighted by Gasteiger charge is 2.15. The first-order valence-corrected chi connectivity index (χ1v) is 10.6. The van der Waals surface area contributed by atoms with Crippen LogP contribution < -0.4 is 5.32 Å². The molecule has 5 rings (SSSR count). The van der Waals surface area contributed by atoms with Crippen molar-refractivity contribution in [3.05, 3.63) is 102 Å². The van der Waals surface area contributed by atoms with Gasteiger partial charge in [-0.05, 0) is 51.6 Å². The van der Waals surface area contributed by atoms with Gasteiger partial charge in [0.1, 0.15) is 0 Å². The van der Waals surface area contributed by atoms with Crippen LogP contribution in [0.5, 0.6) is 0 Å². The number of anilines is 1. The SMILES string of the molecule is OCc1cccc(-c2ccc(-c3cc4c(s3)NCC(c3ccccc3)=C4)cc2)c1. The molecule has 2 nitrogen and oxygen atoms in total. The lowest BCUT2D eigenvalue weighted by atomic mass is 10.00. The Labute approximate surface area is 174 Å². The fourth-order valence-electron chi connectivity index (χ4n) is 3.72. The van der Waals surface area contributed by atoms with Crippen molar-refractivity contribution < 1.29 is 5.11 Å². The van der Waals surface area contributed by atoms with E-state index in [0.717, 1.165) is 23.2 Å². The molecule has 0 atom stereocenters. The summed E-state index contributed by atoms with van der Waals surface area (Å²) in [6, 6.07) is 29.6. The molecule has 3 heteroatoms. The van der Waals surface area contributed by atoms with Gasteiger partial charge in [0, 0.05) is 17.0 Å². The molecule has 0 saturated carbocycles. The molecule has 1 aliphatic heterocycles.